The number of H-pyrrole nitrogens is 1. The molecular weight excluding hydrogens is 553 g/mol. The third kappa shape index (κ3) is 5.38. The Balaban J connectivity index is 1.82. The van der Waals surface area contributed by atoms with Gasteiger partial charge >= 0.3 is 127 Å². The molecule has 0 aliphatic heterocycles. The van der Waals surface area contributed by atoms with Gasteiger partial charge in [0.25, 0.3) is 0 Å². The van der Waals surface area contributed by atoms with Crippen LogP contribution in [0, 0.1) is 17.1 Å². The molecule has 0 aliphatic carbocycles. The van der Waals surface area contributed by atoms with Crippen LogP contribution in [0.5, 0.6) is 17.2 Å². The molecule has 0 saturated carbocycles. The van der Waals surface area contributed by atoms with E-state index in [0.717, 1.165) is 11.6 Å². The Morgan fingerprint density at radius 2 is 2.14 bits per heavy atom. The Hall–Kier alpha value is -2.74. The van der Waals surface area contributed by atoms with Crippen LogP contribution in [0.3, 0.4) is 0 Å². The predicted octanol–water partition coefficient (Wildman–Crippen LogP) is 4.81. The van der Waals surface area contributed by atoms with Crippen LogP contribution in [0.4, 0.5) is 4.39 Å². The molecule has 28 heavy (non-hydrogen) atoms. The standard InChI is InChI=1S/C20H13ClFN3O2.W/c1-2-3-14-11-24-25-20(14)12-26-17-7-16(22)8-19(9-17)27-18-5-13(10-23)4-15(21)6-18;/h1-9,11H,12H2,(H,24,25);/b3-2-;/i8T;. The normalized spacial score (nSPS) is 11.1. The van der Waals surface area contributed by atoms with Gasteiger partial charge < -0.3 is 0 Å². The van der Waals surface area contributed by atoms with E-state index >= 15 is 0 Å². The second-order valence-corrected chi connectivity index (χ2v) is 6.90. The molecule has 0 radical (unpaired) electrons. The predicted molar refractivity (Wildman–Crippen MR) is 101 cm³/mol. The number of benzene rings is 2. The van der Waals surface area contributed by atoms with Crippen molar-refractivity contribution in [2.75, 3.05) is 0 Å². The monoisotopic (exact) mass is 567 g/mol. The first kappa shape index (κ1) is 18.6. The molecule has 5 nitrogen and oxygen atoms in total. The summed E-state index contributed by atoms with van der Waals surface area (Å²) in [6.07, 6.45) is 5.54. The van der Waals surface area contributed by atoms with Gasteiger partial charge in [-0.15, -0.1) is 0 Å². The van der Waals surface area contributed by atoms with E-state index in [1.807, 2.05) is 22.6 Å². The first-order chi connectivity index (χ1) is 14.0. The van der Waals surface area contributed by atoms with Crippen LogP contribution in [0.2, 0.25) is 5.02 Å². The molecule has 140 valence electrons. The van der Waals surface area contributed by atoms with Crippen LogP contribution in [-0.2, 0) is 26.0 Å². The van der Waals surface area contributed by atoms with E-state index in [-0.39, 0.29) is 29.4 Å². The van der Waals surface area contributed by atoms with E-state index in [2.05, 4.69) is 10.2 Å². The molecule has 0 saturated heterocycles. The van der Waals surface area contributed by atoms with Gasteiger partial charge in [-0.3, -0.25) is 0 Å². The van der Waals surface area contributed by atoms with Crippen molar-refractivity contribution < 1.29 is 34.6 Å². The Bertz CT molecular complexity index is 1130. The van der Waals surface area contributed by atoms with Crippen molar-refractivity contribution in [3.63, 3.8) is 0 Å². The van der Waals surface area contributed by atoms with Crippen molar-refractivity contribution >= 4 is 22.1 Å². The van der Waals surface area contributed by atoms with Crippen molar-refractivity contribution in [2.24, 2.45) is 0 Å². The Labute approximate surface area is 178 Å². The molecule has 1 N–H and O–H groups in total. The quantitative estimate of drug-likeness (QED) is 0.445. The molecule has 8 heteroatoms. The van der Waals surface area contributed by atoms with E-state index in [0.29, 0.717) is 10.7 Å². The van der Waals surface area contributed by atoms with Gasteiger partial charge in [-0.2, -0.15) is 5.26 Å². The first-order valence-electron chi connectivity index (χ1n) is 8.46. The summed E-state index contributed by atoms with van der Waals surface area (Å²) < 4.78 is 35.3. The number of allylic oxidation sites excluding steroid dienone is 1. The minimum atomic E-state index is -0.800. The number of hydrogen-bond donors (Lipinski definition) is 1. The fraction of sp³-hybridized carbons (Fsp3) is 0.0500. The molecule has 1 aromatic heterocycles. The van der Waals surface area contributed by atoms with E-state index in [9.17, 15) is 4.39 Å². The molecule has 0 bridgehead atoms. The molecule has 0 fully saturated rings. The smallest absolute Gasteiger partial charge is 0.192 e. The summed E-state index contributed by atoms with van der Waals surface area (Å²) in [5, 5.41) is 16.2. The van der Waals surface area contributed by atoms with Gasteiger partial charge in [-0.05, 0) is 18.2 Å². The number of hydrogen-bond acceptors (Lipinski definition) is 4. The first-order valence-corrected chi connectivity index (χ1v) is 10.0. The number of aromatic amines is 1. The van der Waals surface area contributed by atoms with Crippen LogP contribution in [0.25, 0.3) is 6.08 Å². The van der Waals surface area contributed by atoms with Crippen LogP contribution < -0.4 is 9.47 Å². The van der Waals surface area contributed by atoms with Gasteiger partial charge in [0.2, 0.25) is 0 Å². The zero-order valence-corrected chi connectivity index (χ0v) is 18.0. The van der Waals surface area contributed by atoms with Crippen molar-refractivity contribution in [1.29, 1.82) is 5.26 Å². The van der Waals surface area contributed by atoms with Gasteiger partial charge in [-0.25, -0.2) is 0 Å². The van der Waals surface area contributed by atoms with E-state index in [4.69, 9.17) is 27.7 Å². The molecule has 3 aromatic rings. The van der Waals surface area contributed by atoms with Crippen LogP contribution in [0.15, 0.2) is 48.6 Å². The number of nitrogens with one attached hydrogen (secondary N) is 1. The number of ether oxygens (including phenoxy) is 2. The van der Waals surface area contributed by atoms with Gasteiger partial charge in [0.1, 0.15) is 0 Å². The third-order valence-corrected chi connectivity index (χ3v) is 4.28. The average Bonchev–Trinajstić information content (AvgIpc) is 3.15. The number of nitrogens with zero attached hydrogens (tertiary/aromatic N) is 2. The molecule has 0 unspecified atom stereocenters. The minimum Gasteiger partial charge on any atom is -0.192 e. The van der Waals surface area contributed by atoms with Crippen LogP contribution in [0.1, 0.15) is 18.2 Å². The molecule has 3 rings (SSSR count). The number of rotatable bonds is 7. The second-order valence-electron chi connectivity index (χ2n) is 5.49. The number of nitriles is 1. The zero-order valence-electron chi connectivity index (χ0n) is 15.3. The average molecular weight is 568 g/mol. The molecular formula is C20H13ClFN3O2W. The third-order valence-electron chi connectivity index (χ3n) is 3.50. The van der Waals surface area contributed by atoms with E-state index < -0.39 is 11.9 Å². The number of aromatic nitrogens is 2. The maximum absolute atomic E-state index is 14.2. The van der Waals surface area contributed by atoms with Gasteiger partial charge in [0, 0.05) is 5.02 Å². The molecule has 0 atom stereocenters. The van der Waals surface area contributed by atoms with E-state index in [1.54, 1.807) is 6.20 Å². The summed E-state index contributed by atoms with van der Waals surface area (Å²) in [7, 11) is 0. The fourth-order valence-electron chi connectivity index (χ4n) is 2.32. The number of halogens is 2. The summed E-state index contributed by atoms with van der Waals surface area (Å²) in [6.45, 7) is 0.103. The molecule has 0 amide bonds. The van der Waals surface area contributed by atoms with Gasteiger partial charge in [-0.1, -0.05) is 11.6 Å². The van der Waals surface area contributed by atoms with Crippen LogP contribution in [-0.4, -0.2) is 14.6 Å². The van der Waals surface area contributed by atoms with Gasteiger partial charge in [0.15, 0.2) is 0 Å². The fourth-order valence-corrected chi connectivity index (χ4v) is 2.83. The second kappa shape index (κ2) is 9.45. The summed E-state index contributed by atoms with van der Waals surface area (Å²) in [5.74, 6) is -0.458. The van der Waals surface area contributed by atoms with Crippen molar-refractivity contribution in [2.45, 2.75) is 6.61 Å². The summed E-state index contributed by atoms with van der Waals surface area (Å²) in [4.78, 5) is 0. The van der Waals surface area contributed by atoms with E-state index in [1.165, 1.54) is 43.6 Å². The van der Waals surface area contributed by atoms with Crippen molar-refractivity contribution in [1.82, 2.24) is 10.2 Å². The summed E-state index contributed by atoms with van der Waals surface area (Å²) in [6, 6.07) is 8.45. The molecule has 2 aromatic carbocycles. The topological polar surface area (TPSA) is 70.9 Å². The van der Waals surface area contributed by atoms with Crippen molar-refractivity contribution in [3.05, 3.63) is 76.3 Å². The van der Waals surface area contributed by atoms with Crippen LogP contribution >= 0.6 is 11.6 Å². The Kier molecular flexibility index (Phi) is 6.28. The minimum absolute atomic E-state index is 0.0585. The molecule has 1 heterocycles. The Morgan fingerprint density at radius 1 is 1.29 bits per heavy atom. The Morgan fingerprint density at radius 3 is 2.93 bits per heavy atom. The zero-order chi connectivity index (χ0) is 20.8. The van der Waals surface area contributed by atoms with Crippen molar-refractivity contribution in [3.8, 4) is 23.3 Å². The summed E-state index contributed by atoms with van der Waals surface area (Å²) in [5.41, 5.74) is 1.81. The molecule has 0 aliphatic rings. The summed E-state index contributed by atoms with van der Waals surface area (Å²) >= 11 is 7.29. The van der Waals surface area contributed by atoms with Gasteiger partial charge in [0.05, 0.1) is 11.6 Å². The molecule has 0 spiro atoms. The SMILES string of the molecule is [3H]c1c(F)cc(OCc2n[nH]cc2/C=C\[CH]=[W])cc1Oc1cc(Cl)cc(C#N)c1. The maximum atomic E-state index is 14.2.